The number of benzene rings is 2. The third kappa shape index (κ3) is 5.58. The highest BCUT2D eigenvalue weighted by atomic mass is 35.5. The van der Waals surface area contributed by atoms with Crippen molar-refractivity contribution in [1.29, 1.82) is 0 Å². The number of anilines is 1. The lowest BCUT2D eigenvalue weighted by molar-refractivity contribution is -0.116. The molecule has 1 aliphatic heterocycles. The minimum Gasteiger partial charge on any atom is -0.337 e. The molecule has 1 fully saturated rings. The number of carbonyl (C=O) groups excluding carboxylic acids is 2. The Morgan fingerprint density at radius 1 is 1.17 bits per heavy atom. The van der Waals surface area contributed by atoms with E-state index in [-0.39, 0.29) is 11.8 Å². The average molecular weight is 414 g/mol. The van der Waals surface area contributed by atoms with E-state index < -0.39 is 0 Å². The van der Waals surface area contributed by atoms with Crippen LogP contribution in [0.5, 0.6) is 0 Å². The lowest BCUT2D eigenvalue weighted by Crippen LogP contribution is -2.34. The topological polar surface area (TPSA) is 52.7 Å². The van der Waals surface area contributed by atoms with Crippen molar-refractivity contribution >= 4 is 29.1 Å². The molecular weight excluding hydrogens is 386 g/mol. The molecule has 6 heteroatoms. The molecule has 1 aliphatic rings. The second kappa shape index (κ2) is 9.42. The third-order valence-electron chi connectivity index (χ3n) is 5.49. The number of hydrogen-bond donors (Lipinski definition) is 1. The van der Waals surface area contributed by atoms with Crippen LogP contribution in [0.25, 0.3) is 0 Å². The van der Waals surface area contributed by atoms with Gasteiger partial charge in [0.05, 0.1) is 0 Å². The Morgan fingerprint density at radius 2 is 1.90 bits per heavy atom. The Labute approximate surface area is 177 Å². The number of amides is 2. The lowest BCUT2D eigenvalue weighted by atomic mass is 10.1. The van der Waals surface area contributed by atoms with Gasteiger partial charge in [0, 0.05) is 41.8 Å². The third-order valence-corrected chi connectivity index (χ3v) is 5.75. The van der Waals surface area contributed by atoms with E-state index >= 15 is 0 Å². The Balaban J connectivity index is 1.62. The van der Waals surface area contributed by atoms with E-state index in [1.165, 1.54) is 0 Å². The zero-order valence-corrected chi connectivity index (χ0v) is 18.0. The Morgan fingerprint density at radius 3 is 2.55 bits per heavy atom. The van der Waals surface area contributed by atoms with Gasteiger partial charge in [0.2, 0.25) is 5.91 Å². The molecule has 0 saturated carbocycles. The molecule has 0 unspecified atom stereocenters. The number of halogens is 1. The molecule has 1 N–H and O–H groups in total. The molecule has 0 aliphatic carbocycles. The molecule has 1 saturated heterocycles. The summed E-state index contributed by atoms with van der Waals surface area (Å²) in [5.41, 5.74) is 3.31. The van der Waals surface area contributed by atoms with E-state index in [0.717, 1.165) is 30.6 Å². The average Bonchev–Trinajstić information content (AvgIpc) is 3.19. The van der Waals surface area contributed by atoms with E-state index in [9.17, 15) is 9.59 Å². The van der Waals surface area contributed by atoms with Crippen LogP contribution in [-0.2, 0) is 11.2 Å². The van der Waals surface area contributed by atoms with Gasteiger partial charge in [0.15, 0.2) is 0 Å². The molecule has 5 nitrogen and oxygen atoms in total. The fourth-order valence-electron chi connectivity index (χ4n) is 3.54. The molecule has 1 heterocycles. The van der Waals surface area contributed by atoms with E-state index in [0.29, 0.717) is 35.2 Å². The summed E-state index contributed by atoms with van der Waals surface area (Å²) < 4.78 is 0. The summed E-state index contributed by atoms with van der Waals surface area (Å²) in [6, 6.07) is 13.4. The molecule has 2 amide bonds. The molecule has 0 radical (unpaired) electrons. The normalized spacial score (nSPS) is 16.3. The number of aryl methyl sites for hydroxylation is 2. The van der Waals surface area contributed by atoms with Gasteiger partial charge >= 0.3 is 0 Å². The van der Waals surface area contributed by atoms with E-state index in [4.69, 9.17) is 11.6 Å². The Kier molecular flexibility index (Phi) is 6.93. The zero-order valence-electron chi connectivity index (χ0n) is 17.2. The number of nitrogens with zero attached hydrogens (tertiary/aromatic N) is 2. The molecule has 0 bridgehead atoms. The van der Waals surface area contributed by atoms with Crippen LogP contribution in [0, 0.1) is 6.92 Å². The minimum absolute atomic E-state index is 0.0195. The predicted octanol–water partition coefficient (Wildman–Crippen LogP) is 4.00. The lowest BCUT2D eigenvalue weighted by Gasteiger charge is -2.21. The quantitative estimate of drug-likeness (QED) is 0.778. The summed E-state index contributed by atoms with van der Waals surface area (Å²) in [5, 5.41) is 3.65. The maximum atomic E-state index is 12.9. The van der Waals surface area contributed by atoms with Crippen molar-refractivity contribution in [2.75, 3.05) is 32.5 Å². The van der Waals surface area contributed by atoms with Gasteiger partial charge < -0.3 is 15.1 Å². The second-order valence-electron chi connectivity index (χ2n) is 7.86. The first kappa shape index (κ1) is 21.3. The van der Waals surface area contributed by atoms with Crippen LogP contribution >= 0.6 is 11.6 Å². The molecule has 3 rings (SSSR count). The van der Waals surface area contributed by atoms with Crippen LogP contribution in [-0.4, -0.2) is 54.8 Å². The predicted molar refractivity (Wildman–Crippen MR) is 118 cm³/mol. The standard InChI is InChI=1S/C23H28ClN3O2/c1-16-4-8-18(23(29)27-13-12-20(15-27)26(2)3)14-21(16)25-22(28)11-7-17-5-9-19(24)10-6-17/h4-6,8-10,14,20H,7,11-13,15H2,1-3H3,(H,25,28)/t20-/m1/s1. The van der Waals surface area contributed by atoms with Crippen LogP contribution < -0.4 is 5.32 Å². The number of likely N-dealkylation sites (tertiary alicyclic amines) is 1. The fraction of sp³-hybridized carbons (Fsp3) is 0.391. The second-order valence-corrected chi connectivity index (χ2v) is 8.30. The number of nitrogens with one attached hydrogen (secondary N) is 1. The van der Waals surface area contributed by atoms with E-state index in [1.807, 2.05) is 62.3 Å². The van der Waals surface area contributed by atoms with Gasteiger partial charge in [-0.15, -0.1) is 0 Å². The summed E-state index contributed by atoms with van der Waals surface area (Å²) in [4.78, 5) is 29.4. The van der Waals surface area contributed by atoms with Gasteiger partial charge in [-0.3, -0.25) is 9.59 Å². The highest BCUT2D eigenvalue weighted by molar-refractivity contribution is 6.30. The van der Waals surface area contributed by atoms with Crippen molar-refractivity contribution in [2.24, 2.45) is 0 Å². The van der Waals surface area contributed by atoms with Gasteiger partial charge in [-0.2, -0.15) is 0 Å². The van der Waals surface area contributed by atoms with Gasteiger partial charge in [-0.25, -0.2) is 0 Å². The molecule has 1 atom stereocenters. The monoisotopic (exact) mass is 413 g/mol. The van der Waals surface area contributed by atoms with Crippen LogP contribution in [0.3, 0.4) is 0 Å². The zero-order chi connectivity index (χ0) is 21.0. The van der Waals surface area contributed by atoms with Crippen molar-refractivity contribution in [3.8, 4) is 0 Å². The number of carbonyl (C=O) groups is 2. The first-order chi connectivity index (χ1) is 13.8. The van der Waals surface area contributed by atoms with E-state index in [1.54, 1.807) is 6.07 Å². The maximum Gasteiger partial charge on any atom is 0.253 e. The highest BCUT2D eigenvalue weighted by Crippen LogP contribution is 2.21. The molecule has 29 heavy (non-hydrogen) atoms. The van der Waals surface area contributed by atoms with Gasteiger partial charge in [0.25, 0.3) is 5.91 Å². The molecule has 2 aromatic rings. The largest absolute Gasteiger partial charge is 0.337 e. The summed E-state index contributed by atoms with van der Waals surface area (Å²) in [6.07, 6.45) is 2.00. The molecule has 2 aromatic carbocycles. The fourth-order valence-corrected chi connectivity index (χ4v) is 3.67. The maximum absolute atomic E-state index is 12.9. The van der Waals surface area contributed by atoms with Crippen molar-refractivity contribution in [1.82, 2.24) is 9.80 Å². The SMILES string of the molecule is Cc1ccc(C(=O)N2CC[C@@H](N(C)C)C2)cc1NC(=O)CCc1ccc(Cl)cc1. The van der Waals surface area contributed by atoms with Crippen molar-refractivity contribution in [3.05, 3.63) is 64.2 Å². The number of hydrogen-bond acceptors (Lipinski definition) is 3. The Bertz CT molecular complexity index is 880. The summed E-state index contributed by atoms with van der Waals surface area (Å²) in [7, 11) is 4.09. The summed E-state index contributed by atoms with van der Waals surface area (Å²) in [6.45, 7) is 3.43. The van der Waals surface area contributed by atoms with Crippen LogP contribution in [0.4, 0.5) is 5.69 Å². The molecular formula is C23H28ClN3O2. The summed E-state index contributed by atoms with van der Waals surface area (Å²) >= 11 is 5.90. The summed E-state index contributed by atoms with van der Waals surface area (Å²) in [5.74, 6) is -0.0486. The van der Waals surface area contributed by atoms with E-state index in [2.05, 4.69) is 10.2 Å². The van der Waals surface area contributed by atoms with Gasteiger partial charge in [-0.05, 0) is 69.3 Å². The highest BCUT2D eigenvalue weighted by Gasteiger charge is 2.28. The van der Waals surface area contributed by atoms with Crippen LogP contribution in [0.2, 0.25) is 5.02 Å². The van der Waals surface area contributed by atoms with Crippen molar-refractivity contribution in [3.63, 3.8) is 0 Å². The smallest absolute Gasteiger partial charge is 0.253 e. The van der Waals surface area contributed by atoms with Crippen LogP contribution in [0.1, 0.15) is 34.3 Å². The molecule has 154 valence electrons. The minimum atomic E-state index is -0.0681. The first-order valence-electron chi connectivity index (χ1n) is 9.94. The van der Waals surface area contributed by atoms with Crippen molar-refractivity contribution < 1.29 is 9.59 Å². The van der Waals surface area contributed by atoms with Gasteiger partial charge in [0.1, 0.15) is 0 Å². The van der Waals surface area contributed by atoms with Crippen LogP contribution in [0.15, 0.2) is 42.5 Å². The van der Waals surface area contributed by atoms with Crippen molar-refractivity contribution in [2.45, 2.75) is 32.2 Å². The van der Waals surface area contributed by atoms with Gasteiger partial charge in [-0.1, -0.05) is 29.8 Å². The number of likely N-dealkylation sites (N-methyl/N-ethyl adjacent to an activating group) is 1. The molecule has 0 spiro atoms. The first-order valence-corrected chi connectivity index (χ1v) is 10.3. The molecule has 0 aromatic heterocycles. The number of rotatable bonds is 6. The Hall–Kier alpha value is -2.37.